The van der Waals surface area contributed by atoms with Gasteiger partial charge < -0.3 is 4.42 Å². The maximum Gasteiger partial charge on any atom is 0.416 e. The van der Waals surface area contributed by atoms with E-state index in [2.05, 4.69) is 11.1 Å². The highest BCUT2D eigenvalue weighted by Crippen LogP contribution is 2.31. The van der Waals surface area contributed by atoms with Crippen LogP contribution >= 0.6 is 0 Å². The second-order valence-corrected chi connectivity index (χ2v) is 3.98. The molecule has 3 rings (SSSR count). The van der Waals surface area contributed by atoms with Gasteiger partial charge in [-0.2, -0.15) is 13.2 Å². The maximum absolute atomic E-state index is 12.4. The number of alkyl halides is 3. The first-order valence-electron chi connectivity index (χ1n) is 5.49. The van der Waals surface area contributed by atoms with Gasteiger partial charge in [0.05, 0.1) is 5.56 Å². The van der Waals surface area contributed by atoms with Gasteiger partial charge in [0.2, 0.25) is 5.89 Å². The van der Waals surface area contributed by atoms with Crippen molar-refractivity contribution in [3.8, 4) is 11.5 Å². The molecule has 19 heavy (non-hydrogen) atoms. The Morgan fingerprint density at radius 1 is 1.05 bits per heavy atom. The van der Waals surface area contributed by atoms with E-state index in [1.54, 1.807) is 18.2 Å². The standard InChI is InChI=1S/C14H7F3NO/c15-14(16,17)10-7-5-9(6-8-10)13-18-11-3-1-2-4-12(11)19-13/h1-3,5-8H. The molecule has 0 spiro atoms. The molecule has 0 saturated carbocycles. The smallest absolute Gasteiger partial charge is 0.416 e. The molecular weight excluding hydrogens is 255 g/mol. The summed E-state index contributed by atoms with van der Waals surface area (Å²) in [5.41, 5.74) is 0.909. The van der Waals surface area contributed by atoms with Crippen LogP contribution in [0.1, 0.15) is 5.56 Å². The number of fused-ring (bicyclic) bond motifs is 1. The summed E-state index contributed by atoms with van der Waals surface area (Å²) in [6.45, 7) is 0. The lowest BCUT2D eigenvalue weighted by atomic mass is 10.1. The number of para-hydroxylation sites is 1. The summed E-state index contributed by atoms with van der Waals surface area (Å²) in [6, 6.07) is 12.8. The van der Waals surface area contributed by atoms with E-state index in [4.69, 9.17) is 4.42 Å². The zero-order chi connectivity index (χ0) is 13.5. The van der Waals surface area contributed by atoms with E-state index < -0.39 is 11.7 Å². The Labute approximate surface area is 106 Å². The molecule has 1 aromatic heterocycles. The molecule has 0 aliphatic heterocycles. The third kappa shape index (κ3) is 2.19. The van der Waals surface area contributed by atoms with Crippen LogP contribution in [-0.2, 0) is 6.18 Å². The Kier molecular flexibility index (Phi) is 2.55. The van der Waals surface area contributed by atoms with Crippen molar-refractivity contribution in [3.63, 3.8) is 0 Å². The minimum absolute atomic E-state index is 0.283. The van der Waals surface area contributed by atoms with Gasteiger partial charge in [0.15, 0.2) is 5.58 Å². The van der Waals surface area contributed by atoms with Gasteiger partial charge in [-0.15, -0.1) is 0 Å². The second kappa shape index (κ2) is 4.12. The van der Waals surface area contributed by atoms with Crippen molar-refractivity contribution in [3.05, 3.63) is 54.1 Å². The zero-order valence-corrected chi connectivity index (χ0v) is 9.53. The first-order chi connectivity index (χ1) is 9.04. The highest BCUT2D eigenvalue weighted by molar-refractivity contribution is 5.75. The van der Waals surface area contributed by atoms with Gasteiger partial charge in [-0.05, 0) is 30.3 Å². The fourth-order valence-corrected chi connectivity index (χ4v) is 1.74. The molecule has 1 heterocycles. The molecule has 3 aromatic rings. The molecule has 0 unspecified atom stereocenters. The number of hydrogen-bond acceptors (Lipinski definition) is 2. The molecule has 5 heteroatoms. The van der Waals surface area contributed by atoms with Crippen molar-refractivity contribution in [2.45, 2.75) is 6.18 Å². The summed E-state index contributed by atoms with van der Waals surface area (Å²) >= 11 is 0. The Morgan fingerprint density at radius 3 is 2.42 bits per heavy atom. The van der Waals surface area contributed by atoms with Crippen molar-refractivity contribution in [1.82, 2.24) is 4.98 Å². The highest BCUT2D eigenvalue weighted by Gasteiger charge is 2.30. The molecule has 0 aliphatic carbocycles. The second-order valence-electron chi connectivity index (χ2n) is 3.98. The van der Waals surface area contributed by atoms with Gasteiger partial charge in [-0.1, -0.05) is 12.1 Å². The Morgan fingerprint density at radius 2 is 1.79 bits per heavy atom. The van der Waals surface area contributed by atoms with Crippen LogP contribution in [0.2, 0.25) is 0 Å². The van der Waals surface area contributed by atoms with Gasteiger partial charge in [0.1, 0.15) is 5.52 Å². The van der Waals surface area contributed by atoms with Crippen LogP contribution in [0.3, 0.4) is 0 Å². The number of nitrogens with zero attached hydrogens (tertiary/aromatic N) is 1. The summed E-state index contributed by atoms with van der Waals surface area (Å²) in [5.74, 6) is 0.283. The van der Waals surface area contributed by atoms with Crippen LogP contribution in [-0.4, -0.2) is 4.98 Å². The van der Waals surface area contributed by atoms with Crippen LogP contribution in [0.5, 0.6) is 0 Å². The van der Waals surface area contributed by atoms with Crippen molar-refractivity contribution in [2.75, 3.05) is 0 Å². The fraction of sp³-hybridized carbons (Fsp3) is 0.0714. The topological polar surface area (TPSA) is 26.0 Å². The van der Waals surface area contributed by atoms with Crippen molar-refractivity contribution < 1.29 is 17.6 Å². The normalized spacial score (nSPS) is 11.9. The molecule has 0 atom stereocenters. The molecule has 95 valence electrons. The molecule has 0 bridgehead atoms. The quantitative estimate of drug-likeness (QED) is 0.653. The molecule has 0 amide bonds. The first kappa shape index (κ1) is 11.8. The van der Waals surface area contributed by atoms with Gasteiger partial charge in [0.25, 0.3) is 0 Å². The minimum atomic E-state index is -4.34. The number of rotatable bonds is 1. The highest BCUT2D eigenvalue weighted by atomic mass is 19.4. The van der Waals surface area contributed by atoms with Crippen LogP contribution in [0.15, 0.2) is 46.9 Å². The predicted molar refractivity (Wildman–Crippen MR) is 63.3 cm³/mol. The Balaban J connectivity index is 2.02. The summed E-state index contributed by atoms with van der Waals surface area (Å²) < 4.78 is 42.8. The van der Waals surface area contributed by atoms with Crippen LogP contribution < -0.4 is 0 Å². The van der Waals surface area contributed by atoms with E-state index in [-0.39, 0.29) is 5.89 Å². The average Bonchev–Trinajstić information content (AvgIpc) is 2.81. The predicted octanol–water partition coefficient (Wildman–Crippen LogP) is 4.31. The minimum Gasteiger partial charge on any atom is -0.435 e. The number of halogens is 3. The largest absolute Gasteiger partial charge is 0.435 e. The molecule has 0 N–H and O–H groups in total. The Bertz CT molecular complexity index is 680. The van der Waals surface area contributed by atoms with Crippen molar-refractivity contribution in [1.29, 1.82) is 0 Å². The van der Waals surface area contributed by atoms with Crippen molar-refractivity contribution >= 4 is 11.1 Å². The third-order valence-corrected chi connectivity index (χ3v) is 2.68. The summed E-state index contributed by atoms with van der Waals surface area (Å²) in [5, 5.41) is 0. The summed E-state index contributed by atoms with van der Waals surface area (Å²) in [4.78, 5) is 4.20. The molecule has 0 saturated heterocycles. The molecule has 2 aromatic carbocycles. The van der Waals surface area contributed by atoms with Crippen molar-refractivity contribution in [2.24, 2.45) is 0 Å². The lowest BCUT2D eigenvalue weighted by Gasteiger charge is -2.05. The van der Waals surface area contributed by atoms with E-state index in [1.165, 1.54) is 12.1 Å². The van der Waals surface area contributed by atoms with Gasteiger partial charge in [-0.3, -0.25) is 0 Å². The molecule has 1 radical (unpaired) electrons. The molecule has 0 aliphatic rings. The number of aromatic nitrogens is 1. The van der Waals surface area contributed by atoms with E-state index in [0.717, 1.165) is 12.1 Å². The maximum atomic E-state index is 12.4. The summed E-state index contributed by atoms with van der Waals surface area (Å²) in [7, 11) is 0. The summed E-state index contributed by atoms with van der Waals surface area (Å²) in [6.07, 6.45) is -4.34. The SMILES string of the molecule is FC(F)(F)c1ccc(-c2nc3ccc[c]c3o2)cc1. The third-order valence-electron chi connectivity index (χ3n) is 2.68. The fourth-order valence-electron chi connectivity index (χ4n) is 1.74. The zero-order valence-electron chi connectivity index (χ0n) is 9.53. The monoisotopic (exact) mass is 262 g/mol. The van der Waals surface area contributed by atoms with E-state index in [1.807, 2.05) is 0 Å². The average molecular weight is 262 g/mol. The van der Waals surface area contributed by atoms with Crippen LogP contribution in [0, 0.1) is 6.07 Å². The molecular formula is C14H7F3NO. The van der Waals surface area contributed by atoms with Gasteiger partial charge in [-0.25, -0.2) is 4.98 Å². The molecule has 2 nitrogen and oxygen atoms in total. The molecule has 0 fully saturated rings. The number of benzene rings is 2. The number of hydrogen-bond donors (Lipinski definition) is 0. The number of oxazole rings is 1. The lowest BCUT2D eigenvalue weighted by molar-refractivity contribution is -0.137. The van der Waals surface area contributed by atoms with Crippen LogP contribution in [0.4, 0.5) is 13.2 Å². The van der Waals surface area contributed by atoms with Gasteiger partial charge in [0, 0.05) is 11.6 Å². The lowest BCUT2D eigenvalue weighted by Crippen LogP contribution is -2.03. The van der Waals surface area contributed by atoms with E-state index in [0.29, 0.717) is 16.7 Å². The van der Waals surface area contributed by atoms with E-state index in [9.17, 15) is 13.2 Å². The van der Waals surface area contributed by atoms with Gasteiger partial charge >= 0.3 is 6.18 Å². The van der Waals surface area contributed by atoms with E-state index >= 15 is 0 Å². The Hall–Kier alpha value is -2.30. The van der Waals surface area contributed by atoms with Crippen LogP contribution in [0.25, 0.3) is 22.6 Å². The first-order valence-corrected chi connectivity index (χ1v) is 5.49.